The maximum atomic E-state index is 11.9. The summed E-state index contributed by atoms with van der Waals surface area (Å²) in [6.07, 6.45) is 2.02. The Balaban J connectivity index is 2.10. The van der Waals surface area contributed by atoms with Crippen LogP contribution in [0.1, 0.15) is 29.8 Å². The number of nitrogens with one attached hydrogen (secondary N) is 2. The van der Waals surface area contributed by atoms with E-state index in [2.05, 4.69) is 20.4 Å². The first kappa shape index (κ1) is 17.5. The number of anilines is 2. The molecular formula is C15H20ClN3O4. The highest BCUT2D eigenvalue weighted by Gasteiger charge is 2.19. The van der Waals surface area contributed by atoms with Crippen molar-refractivity contribution in [1.29, 1.82) is 0 Å². The van der Waals surface area contributed by atoms with Crippen LogP contribution in [0.4, 0.5) is 11.5 Å². The zero-order chi connectivity index (χ0) is 16.7. The van der Waals surface area contributed by atoms with E-state index < -0.39 is 5.97 Å². The molecule has 1 aliphatic heterocycles. The van der Waals surface area contributed by atoms with E-state index in [4.69, 9.17) is 16.3 Å². The van der Waals surface area contributed by atoms with Crippen LogP contribution < -0.4 is 10.6 Å². The van der Waals surface area contributed by atoms with E-state index >= 15 is 0 Å². The number of hydrogen-bond acceptors (Lipinski definition) is 6. The van der Waals surface area contributed by atoms with E-state index in [1.807, 2.05) is 0 Å². The topological polar surface area (TPSA) is 89.5 Å². The molecule has 126 valence electrons. The van der Waals surface area contributed by atoms with Gasteiger partial charge in [-0.25, -0.2) is 9.78 Å². The summed E-state index contributed by atoms with van der Waals surface area (Å²) in [6, 6.07) is 3.13. The monoisotopic (exact) mass is 341 g/mol. The fourth-order valence-corrected chi connectivity index (χ4v) is 2.14. The number of amides is 1. The first-order chi connectivity index (χ1) is 11.1. The normalized spacial score (nSPS) is 16.3. The Bertz CT molecular complexity index is 564. The van der Waals surface area contributed by atoms with Gasteiger partial charge in [0.25, 0.3) is 0 Å². The van der Waals surface area contributed by atoms with E-state index in [0.29, 0.717) is 36.8 Å². The molecule has 1 amide bonds. The Morgan fingerprint density at radius 3 is 2.87 bits per heavy atom. The number of hydrogen-bond donors (Lipinski definition) is 2. The van der Waals surface area contributed by atoms with Gasteiger partial charge >= 0.3 is 5.97 Å². The lowest BCUT2D eigenvalue weighted by Gasteiger charge is -2.27. The van der Waals surface area contributed by atoms with Crippen LogP contribution in [0.2, 0.25) is 0 Å². The zero-order valence-corrected chi connectivity index (χ0v) is 13.7. The molecule has 1 aromatic heterocycles. The Morgan fingerprint density at radius 1 is 1.48 bits per heavy atom. The van der Waals surface area contributed by atoms with Gasteiger partial charge in [-0.15, -0.1) is 11.6 Å². The summed E-state index contributed by atoms with van der Waals surface area (Å²) in [5.41, 5.74) is 0.680. The van der Waals surface area contributed by atoms with Gasteiger partial charge in [0, 0.05) is 25.5 Å². The van der Waals surface area contributed by atoms with E-state index in [0.717, 1.165) is 13.0 Å². The van der Waals surface area contributed by atoms with Gasteiger partial charge in [-0.3, -0.25) is 4.79 Å². The number of ether oxygens (including phenoxy) is 2. The summed E-state index contributed by atoms with van der Waals surface area (Å²) >= 11 is 5.59. The summed E-state index contributed by atoms with van der Waals surface area (Å²) in [7, 11) is 1.29. The number of halogens is 1. The van der Waals surface area contributed by atoms with Crippen molar-refractivity contribution in [2.24, 2.45) is 0 Å². The minimum atomic E-state index is -0.534. The Labute approximate surface area is 139 Å². The molecule has 0 spiro atoms. The minimum absolute atomic E-state index is 0.124. The third kappa shape index (κ3) is 5.07. The Morgan fingerprint density at radius 2 is 2.26 bits per heavy atom. The number of alkyl halides is 1. The first-order valence-corrected chi connectivity index (χ1v) is 7.98. The van der Waals surface area contributed by atoms with Crippen molar-refractivity contribution in [1.82, 2.24) is 4.98 Å². The number of carbonyl (C=O) groups excluding carboxylic acids is 2. The molecule has 2 N–H and O–H groups in total. The van der Waals surface area contributed by atoms with Gasteiger partial charge in [0.15, 0.2) is 11.5 Å². The summed E-state index contributed by atoms with van der Waals surface area (Å²) in [5.74, 6) is 0.161. The van der Waals surface area contributed by atoms with E-state index in [1.54, 1.807) is 6.07 Å². The van der Waals surface area contributed by atoms with Crippen LogP contribution in [-0.2, 0) is 14.3 Å². The molecule has 1 atom stereocenters. The average molecular weight is 342 g/mol. The number of methoxy groups -OCH3 is 1. The molecule has 0 saturated carbocycles. The minimum Gasteiger partial charge on any atom is -0.464 e. The number of carbonyl (C=O) groups is 2. The Hall–Kier alpha value is -1.86. The highest BCUT2D eigenvalue weighted by atomic mass is 35.5. The molecule has 7 nitrogen and oxygen atoms in total. The number of esters is 1. The average Bonchev–Trinajstić information content (AvgIpc) is 2.52. The third-order valence-corrected chi connectivity index (χ3v) is 3.66. The quantitative estimate of drug-likeness (QED) is 0.555. The molecular weight excluding hydrogens is 322 g/mol. The van der Waals surface area contributed by atoms with Crippen molar-refractivity contribution in [3.63, 3.8) is 0 Å². The van der Waals surface area contributed by atoms with Gasteiger partial charge in [0.1, 0.15) is 0 Å². The van der Waals surface area contributed by atoms with Crippen molar-refractivity contribution in [3.8, 4) is 0 Å². The smallest absolute Gasteiger partial charge is 0.356 e. The van der Waals surface area contributed by atoms with E-state index in [1.165, 1.54) is 13.2 Å². The van der Waals surface area contributed by atoms with Crippen molar-refractivity contribution in [2.75, 3.05) is 36.8 Å². The standard InChI is InChI=1S/C15H20ClN3O4/c1-22-15(21)12-5-4-11(18-13(20)3-2-7-16)14(19-12)17-9-10-6-8-23-10/h4-5,10H,2-3,6-9H2,1H3,(H,17,19)(H,18,20)/t10-/m0/s1. The van der Waals surface area contributed by atoms with Crippen LogP contribution in [-0.4, -0.2) is 49.1 Å². The summed E-state index contributed by atoms with van der Waals surface area (Å²) < 4.78 is 10.0. The molecule has 2 heterocycles. The lowest BCUT2D eigenvalue weighted by molar-refractivity contribution is -0.116. The molecule has 23 heavy (non-hydrogen) atoms. The predicted molar refractivity (Wildman–Crippen MR) is 87.0 cm³/mol. The van der Waals surface area contributed by atoms with Crippen LogP contribution in [0, 0.1) is 0 Å². The fourth-order valence-electron chi connectivity index (χ4n) is 2.01. The molecule has 0 aromatic carbocycles. The van der Waals surface area contributed by atoms with Crippen LogP contribution in [0.3, 0.4) is 0 Å². The lowest BCUT2D eigenvalue weighted by atomic mass is 10.2. The highest BCUT2D eigenvalue weighted by molar-refractivity contribution is 6.18. The van der Waals surface area contributed by atoms with Crippen LogP contribution >= 0.6 is 11.6 Å². The van der Waals surface area contributed by atoms with E-state index in [-0.39, 0.29) is 17.7 Å². The molecule has 0 aliphatic carbocycles. The number of pyridine rings is 1. The second-order valence-electron chi connectivity index (χ2n) is 5.09. The van der Waals surface area contributed by atoms with Gasteiger partial charge in [0.05, 0.1) is 18.9 Å². The van der Waals surface area contributed by atoms with Crippen molar-refractivity contribution in [3.05, 3.63) is 17.8 Å². The molecule has 0 unspecified atom stereocenters. The van der Waals surface area contributed by atoms with Crippen LogP contribution in [0.15, 0.2) is 12.1 Å². The first-order valence-electron chi connectivity index (χ1n) is 7.44. The second-order valence-corrected chi connectivity index (χ2v) is 5.47. The van der Waals surface area contributed by atoms with Gasteiger partial charge in [-0.05, 0) is 25.0 Å². The van der Waals surface area contributed by atoms with Crippen molar-refractivity contribution < 1.29 is 19.1 Å². The number of aromatic nitrogens is 1. The third-order valence-electron chi connectivity index (χ3n) is 3.39. The number of nitrogens with zero attached hydrogens (tertiary/aromatic N) is 1. The molecule has 8 heteroatoms. The molecule has 1 fully saturated rings. The second kappa shape index (κ2) is 8.69. The van der Waals surface area contributed by atoms with Gasteiger partial charge < -0.3 is 20.1 Å². The predicted octanol–water partition coefficient (Wildman–Crippen LogP) is 2.03. The van der Waals surface area contributed by atoms with Crippen LogP contribution in [0.5, 0.6) is 0 Å². The molecule has 1 aliphatic rings. The van der Waals surface area contributed by atoms with Crippen molar-refractivity contribution in [2.45, 2.75) is 25.4 Å². The summed E-state index contributed by atoms with van der Waals surface area (Å²) in [4.78, 5) is 27.7. The molecule has 1 saturated heterocycles. The molecule has 2 rings (SSSR count). The highest BCUT2D eigenvalue weighted by Crippen LogP contribution is 2.22. The molecule has 1 aromatic rings. The fraction of sp³-hybridized carbons (Fsp3) is 0.533. The maximum absolute atomic E-state index is 11.9. The molecule has 0 bridgehead atoms. The van der Waals surface area contributed by atoms with Gasteiger partial charge in [0.2, 0.25) is 5.91 Å². The van der Waals surface area contributed by atoms with Crippen molar-refractivity contribution >= 4 is 35.0 Å². The van der Waals surface area contributed by atoms with Gasteiger partial charge in [-0.2, -0.15) is 0 Å². The zero-order valence-electron chi connectivity index (χ0n) is 12.9. The summed E-state index contributed by atoms with van der Waals surface area (Å²) in [6.45, 7) is 1.31. The molecule has 0 radical (unpaired) electrons. The maximum Gasteiger partial charge on any atom is 0.356 e. The SMILES string of the molecule is COC(=O)c1ccc(NC(=O)CCCCl)c(NC[C@@H]2CCO2)n1. The largest absolute Gasteiger partial charge is 0.464 e. The number of rotatable bonds is 8. The lowest BCUT2D eigenvalue weighted by Crippen LogP contribution is -2.34. The van der Waals surface area contributed by atoms with Gasteiger partial charge in [-0.1, -0.05) is 0 Å². The van der Waals surface area contributed by atoms with Crippen LogP contribution in [0.25, 0.3) is 0 Å². The summed E-state index contributed by atoms with van der Waals surface area (Å²) in [5, 5.41) is 5.89. The Kier molecular flexibility index (Phi) is 6.61. The van der Waals surface area contributed by atoms with E-state index in [9.17, 15) is 9.59 Å².